The highest BCUT2D eigenvalue weighted by molar-refractivity contribution is 5.91. The molecule has 0 unspecified atom stereocenters. The molecule has 126 valence electrons. The van der Waals surface area contributed by atoms with Crippen molar-refractivity contribution in [2.45, 2.75) is 6.42 Å². The second kappa shape index (κ2) is 8.62. The van der Waals surface area contributed by atoms with Crippen LogP contribution in [-0.4, -0.2) is 31.8 Å². The van der Waals surface area contributed by atoms with E-state index < -0.39 is 0 Å². The third-order valence-corrected chi connectivity index (χ3v) is 3.48. The van der Waals surface area contributed by atoms with Gasteiger partial charge in [0, 0.05) is 12.6 Å². The number of methoxy groups -OCH3 is 2. The van der Waals surface area contributed by atoms with Crippen LogP contribution in [-0.2, 0) is 11.2 Å². The molecule has 0 heterocycles. The molecule has 2 rings (SSSR count). The Balaban J connectivity index is 1.83. The van der Waals surface area contributed by atoms with E-state index in [0.29, 0.717) is 24.5 Å². The number of amides is 1. The number of hydrogen-bond donors (Lipinski definition) is 2. The minimum atomic E-state index is -0.163. The van der Waals surface area contributed by atoms with Gasteiger partial charge in [0.15, 0.2) is 11.5 Å². The van der Waals surface area contributed by atoms with E-state index >= 15 is 0 Å². The Bertz CT molecular complexity index is 708. The van der Waals surface area contributed by atoms with E-state index in [2.05, 4.69) is 5.32 Å². The molecular weight excluding hydrogens is 306 g/mol. The third kappa shape index (κ3) is 5.05. The monoisotopic (exact) mass is 327 g/mol. The Morgan fingerprint density at radius 2 is 1.79 bits per heavy atom. The summed E-state index contributed by atoms with van der Waals surface area (Å²) in [6, 6.07) is 12.3. The van der Waals surface area contributed by atoms with Crippen molar-refractivity contribution in [3.63, 3.8) is 0 Å². The van der Waals surface area contributed by atoms with Crippen molar-refractivity contribution in [3.05, 3.63) is 59.7 Å². The van der Waals surface area contributed by atoms with Crippen molar-refractivity contribution in [2.24, 2.45) is 0 Å². The molecule has 0 atom stereocenters. The zero-order valence-electron chi connectivity index (χ0n) is 13.8. The molecule has 1 amide bonds. The van der Waals surface area contributed by atoms with E-state index in [1.165, 1.54) is 6.08 Å². The van der Waals surface area contributed by atoms with Gasteiger partial charge in [-0.15, -0.1) is 0 Å². The Hall–Kier alpha value is -2.95. The van der Waals surface area contributed by atoms with Crippen LogP contribution >= 0.6 is 0 Å². The van der Waals surface area contributed by atoms with Crippen LogP contribution in [0.3, 0.4) is 0 Å². The van der Waals surface area contributed by atoms with Crippen molar-refractivity contribution in [1.82, 2.24) is 5.32 Å². The maximum atomic E-state index is 11.8. The fourth-order valence-electron chi connectivity index (χ4n) is 2.18. The number of carbonyl (C=O) groups is 1. The number of ether oxygens (including phenoxy) is 2. The minimum Gasteiger partial charge on any atom is -0.508 e. The van der Waals surface area contributed by atoms with E-state index in [9.17, 15) is 9.90 Å². The summed E-state index contributed by atoms with van der Waals surface area (Å²) in [5.41, 5.74) is 1.90. The van der Waals surface area contributed by atoms with Gasteiger partial charge in [0.2, 0.25) is 5.91 Å². The highest BCUT2D eigenvalue weighted by Gasteiger charge is 2.04. The first-order chi connectivity index (χ1) is 11.6. The van der Waals surface area contributed by atoms with Gasteiger partial charge < -0.3 is 19.9 Å². The van der Waals surface area contributed by atoms with Crippen LogP contribution < -0.4 is 14.8 Å². The highest BCUT2D eigenvalue weighted by Crippen LogP contribution is 2.27. The summed E-state index contributed by atoms with van der Waals surface area (Å²) in [6.07, 6.45) is 3.87. The molecule has 0 aliphatic carbocycles. The summed E-state index contributed by atoms with van der Waals surface area (Å²) in [5.74, 6) is 1.39. The van der Waals surface area contributed by atoms with Gasteiger partial charge in [-0.1, -0.05) is 18.2 Å². The molecule has 0 spiro atoms. The summed E-state index contributed by atoms with van der Waals surface area (Å²) >= 11 is 0. The zero-order valence-corrected chi connectivity index (χ0v) is 13.8. The van der Waals surface area contributed by atoms with E-state index in [-0.39, 0.29) is 11.7 Å². The number of carbonyl (C=O) groups excluding carboxylic acids is 1. The van der Waals surface area contributed by atoms with Crippen molar-refractivity contribution >= 4 is 12.0 Å². The Labute approximate surface area is 141 Å². The van der Waals surface area contributed by atoms with Gasteiger partial charge in [-0.25, -0.2) is 0 Å². The fourth-order valence-corrected chi connectivity index (χ4v) is 2.18. The molecule has 0 aliphatic rings. The van der Waals surface area contributed by atoms with Gasteiger partial charge in [-0.05, 0) is 47.9 Å². The lowest BCUT2D eigenvalue weighted by Gasteiger charge is -2.09. The van der Waals surface area contributed by atoms with E-state index in [0.717, 1.165) is 11.1 Å². The summed E-state index contributed by atoms with van der Waals surface area (Å²) in [6.45, 7) is 0.522. The number of hydrogen-bond acceptors (Lipinski definition) is 4. The van der Waals surface area contributed by atoms with E-state index in [1.54, 1.807) is 44.6 Å². The second-order valence-electron chi connectivity index (χ2n) is 5.16. The summed E-state index contributed by atoms with van der Waals surface area (Å²) in [7, 11) is 3.19. The highest BCUT2D eigenvalue weighted by atomic mass is 16.5. The molecule has 0 saturated heterocycles. The van der Waals surface area contributed by atoms with Crippen molar-refractivity contribution in [3.8, 4) is 17.2 Å². The molecule has 24 heavy (non-hydrogen) atoms. The van der Waals surface area contributed by atoms with Crippen molar-refractivity contribution in [1.29, 1.82) is 0 Å². The molecule has 0 aromatic heterocycles. The van der Waals surface area contributed by atoms with Gasteiger partial charge in [-0.2, -0.15) is 0 Å². The molecule has 5 heteroatoms. The van der Waals surface area contributed by atoms with Crippen LogP contribution in [0.1, 0.15) is 11.1 Å². The molecule has 2 N–H and O–H groups in total. The van der Waals surface area contributed by atoms with Crippen molar-refractivity contribution in [2.75, 3.05) is 20.8 Å². The first-order valence-electron chi connectivity index (χ1n) is 7.58. The molecule has 0 aliphatic heterocycles. The Kier molecular flexibility index (Phi) is 6.25. The van der Waals surface area contributed by atoms with Crippen LogP contribution in [0.25, 0.3) is 6.08 Å². The molecule has 0 saturated carbocycles. The summed E-state index contributed by atoms with van der Waals surface area (Å²) < 4.78 is 10.5. The minimum absolute atomic E-state index is 0.163. The number of nitrogens with one attached hydrogen (secondary N) is 1. The maximum Gasteiger partial charge on any atom is 0.244 e. The quantitative estimate of drug-likeness (QED) is 0.767. The second-order valence-corrected chi connectivity index (χ2v) is 5.16. The molecule has 2 aromatic carbocycles. The van der Waals surface area contributed by atoms with Crippen molar-refractivity contribution < 1.29 is 19.4 Å². The lowest BCUT2D eigenvalue weighted by atomic mass is 10.1. The van der Waals surface area contributed by atoms with Gasteiger partial charge in [0.05, 0.1) is 14.2 Å². The third-order valence-electron chi connectivity index (χ3n) is 3.48. The summed E-state index contributed by atoms with van der Waals surface area (Å²) in [5, 5.41) is 12.0. The first kappa shape index (κ1) is 17.4. The number of benzene rings is 2. The molecule has 5 nitrogen and oxygen atoms in total. The number of phenolic OH excluding ortho intramolecular Hbond substituents is 1. The average molecular weight is 327 g/mol. The van der Waals surface area contributed by atoms with Gasteiger partial charge in [-0.3, -0.25) is 4.79 Å². The van der Waals surface area contributed by atoms with Gasteiger partial charge in [0.25, 0.3) is 0 Å². The first-order valence-corrected chi connectivity index (χ1v) is 7.58. The van der Waals surface area contributed by atoms with Crippen LogP contribution in [0.15, 0.2) is 48.5 Å². The average Bonchev–Trinajstić information content (AvgIpc) is 2.61. The predicted molar refractivity (Wildman–Crippen MR) is 93.4 cm³/mol. The molecule has 2 aromatic rings. The standard InChI is InChI=1S/C19H21NO4/c1-23-17-9-5-15(13-18(17)24-2)11-12-20-19(22)10-6-14-3-7-16(21)8-4-14/h3-10,13,21H,11-12H2,1-2H3,(H,20,22)/b10-6+. The van der Waals surface area contributed by atoms with Crippen LogP contribution in [0.2, 0.25) is 0 Å². The normalized spacial score (nSPS) is 10.6. The van der Waals surface area contributed by atoms with E-state index in [4.69, 9.17) is 9.47 Å². The van der Waals surface area contributed by atoms with E-state index in [1.807, 2.05) is 18.2 Å². The molecule has 0 radical (unpaired) electrons. The van der Waals surface area contributed by atoms with Crippen LogP contribution in [0.5, 0.6) is 17.2 Å². The zero-order chi connectivity index (χ0) is 17.4. The Morgan fingerprint density at radius 3 is 2.46 bits per heavy atom. The largest absolute Gasteiger partial charge is 0.508 e. The molecule has 0 bridgehead atoms. The predicted octanol–water partition coefficient (Wildman–Crippen LogP) is 2.78. The van der Waals surface area contributed by atoms with Gasteiger partial charge >= 0.3 is 0 Å². The van der Waals surface area contributed by atoms with Crippen LogP contribution in [0, 0.1) is 0 Å². The SMILES string of the molecule is COc1ccc(CCNC(=O)/C=C/c2ccc(O)cc2)cc1OC. The summed E-state index contributed by atoms with van der Waals surface area (Å²) in [4.78, 5) is 11.8. The van der Waals surface area contributed by atoms with Crippen LogP contribution in [0.4, 0.5) is 0 Å². The topological polar surface area (TPSA) is 67.8 Å². The smallest absolute Gasteiger partial charge is 0.244 e. The molecular formula is C19H21NO4. The lowest BCUT2D eigenvalue weighted by molar-refractivity contribution is -0.116. The number of aromatic hydroxyl groups is 1. The Morgan fingerprint density at radius 1 is 1.08 bits per heavy atom. The van der Waals surface area contributed by atoms with Gasteiger partial charge in [0.1, 0.15) is 5.75 Å². The fraction of sp³-hybridized carbons (Fsp3) is 0.211. The molecule has 0 fully saturated rings. The lowest BCUT2D eigenvalue weighted by Crippen LogP contribution is -2.23. The maximum absolute atomic E-state index is 11.8. The number of phenols is 1. The number of rotatable bonds is 7.